The fourth-order valence-electron chi connectivity index (χ4n) is 1.47. The average Bonchev–Trinajstić information content (AvgIpc) is 2.27. The predicted octanol–water partition coefficient (Wildman–Crippen LogP) is 3.25. The number of rotatable bonds is 4. The smallest absolute Gasteiger partial charge is 0.338 e. The van der Waals surface area contributed by atoms with E-state index in [9.17, 15) is 9.90 Å². The third kappa shape index (κ3) is 4.34. The Kier molecular flexibility index (Phi) is 4.68. The fraction of sp³-hybridized carbons (Fsp3) is 0.400. The second-order valence-corrected chi connectivity index (χ2v) is 5.16. The summed E-state index contributed by atoms with van der Waals surface area (Å²) in [4.78, 5) is 11.8. The fourth-order valence-corrected chi connectivity index (χ4v) is 1.47. The summed E-state index contributed by atoms with van der Waals surface area (Å²) in [5.74, 6) is -0.354. The quantitative estimate of drug-likeness (QED) is 0.657. The highest BCUT2D eigenvalue weighted by Gasteiger charge is 2.17. The van der Waals surface area contributed by atoms with Gasteiger partial charge in [-0.3, -0.25) is 0 Å². The van der Waals surface area contributed by atoms with Gasteiger partial charge in [-0.15, -0.1) is 6.58 Å². The van der Waals surface area contributed by atoms with Crippen LogP contribution in [0.2, 0.25) is 0 Å². The van der Waals surface area contributed by atoms with Crippen LogP contribution in [0, 0.1) is 0 Å². The molecule has 0 saturated heterocycles. The maximum atomic E-state index is 11.8. The molecular formula is C15H20O3. The van der Waals surface area contributed by atoms with Crippen LogP contribution in [0.25, 0.3) is 0 Å². The van der Waals surface area contributed by atoms with E-state index in [1.54, 1.807) is 30.3 Å². The molecule has 0 heterocycles. The topological polar surface area (TPSA) is 46.5 Å². The van der Waals surface area contributed by atoms with Crippen molar-refractivity contribution >= 4 is 5.97 Å². The average molecular weight is 248 g/mol. The molecule has 1 aromatic carbocycles. The standard InChI is InChI=1S/C15H20O3/c1-5-6-13(16)11-7-9-12(10-8-11)14(17)18-15(2,3)4/h5,7-10,13,16H,1,6H2,2-4H3. The van der Waals surface area contributed by atoms with Crippen LogP contribution < -0.4 is 0 Å². The Labute approximate surface area is 108 Å². The molecule has 0 fully saturated rings. The van der Waals surface area contributed by atoms with Crippen LogP contribution >= 0.6 is 0 Å². The second-order valence-electron chi connectivity index (χ2n) is 5.16. The molecule has 1 rings (SSSR count). The van der Waals surface area contributed by atoms with E-state index in [0.29, 0.717) is 12.0 Å². The molecule has 1 unspecified atom stereocenters. The lowest BCUT2D eigenvalue weighted by molar-refractivity contribution is 0.00694. The molecule has 0 bridgehead atoms. The van der Waals surface area contributed by atoms with Gasteiger partial charge in [0.15, 0.2) is 0 Å². The molecule has 0 saturated carbocycles. The largest absolute Gasteiger partial charge is 0.456 e. The van der Waals surface area contributed by atoms with E-state index in [-0.39, 0.29) is 5.97 Å². The van der Waals surface area contributed by atoms with Gasteiger partial charge in [0, 0.05) is 0 Å². The van der Waals surface area contributed by atoms with Crippen LogP contribution in [-0.4, -0.2) is 16.7 Å². The summed E-state index contributed by atoms with van der Waals surface area (Å²) in [6.45, 7) is 9.06. The van der Waals surface area contributed by atoms with E-state index < -0.39 is 11.7 Å². The first-order valence-corrected chi connectivity index (χ1v) is 5.96. The second kappa shape index (κ2) is 5.83. The van der Waals surface area contributed by atoms with Gasteiger partial charge in [0.25, 0.3) is 0 Å². The lowest BCUT2D eigenvalue weighted by Gasteiger charge is -2.19. The van der Waals surface area contributed by atoms with E-state index >= 15 is 0 Å². The van der Waals surface area contributed by atoms with Gasteiger partial charge in [-0.05, 0) is 44.9 Å². The van der Waals surface area contributed by atoms with Gasteiger partial charge < -0.3 is 9.84 Å². The molecule has 18 heavy (non-hydrogen) atoms. The molecule has 0 aliphatic rings. The van der Waals surface area contributed by atoms with Crippen molar-refractivity contribution in [2.75, 3.05) is 0 Å². The number of carbonyl (C=O) groups excluding carboxylic acids is 1. The molecule has 0 amide bonds. The maximum Gasteiger partial charge on any atom is 0.338 e. The van der Waals surface area contributed by atoms with Crippen molar-refractivity contribution in [1.29, 1.82) is 0 Å². The van der Waals surface area contributed by atoms with Crippen LogP contribution in [0.4, 0.5) is 0 Å². The van der Waals surface area contributed by atoms with E-state index in [1.807, 2.05) is 20.8 Å². The molecule has 3 nitrogen and oxygen atoms in total. The Hall–Kier alpha value is -1.61. The minimum atomic E-state index is -0.574. The number of ether oxygens (including phenoxy) is 1. The van der Waals surface area contributed by atoms with Gasteiger partial charge in [0.05, 0.1) is 11.7 Å². The molecule has 1 atom stereocenters. The summed E-state index contributed by atoms with van der Waals surface area (Å²) >= 11 is 0. The van der Waals surface area contributed by atoms with Crippen molar-refractivity contribution in [2.45, 2.75) is 38.9 Å². The first-order chi connectivity index (χ1) is 8.33. The Balaban J connectivity index is 2.76. The Bertz CT molecular complexity index is 412. The number of hydrogen-bond donors (Lipinski definition) is 1. The molecule has 0 spiro atoms. The highest BCUT2D eigenvalue weighted by molar-refractivity contribution is 5.89. The van der Waals surface area contributed by atoms with Gasteiger partial charge >= 0.3 is 5.97 Å². The van der Waals surface area contributed by atoms with Crippen molar-refractivity contribution in [3.63, 3.8) is 0 Å². The summed E-state index contributed by atoms with van der Waals surface area (Å²) < 4.78 is 5.25. The molecule has 0 aliphatic heterocycles. The van der Waals surface area contributed by atoms with E-state index in [4.69, 9.17) is 4.74 Å². The van der Waals surface area contributed by atoms with Crippen molar-refractivity contribution in [3.8, 4) is 0 Å². The normalized spacial score (nSPS) is 12.9. The first-order valence-electron chi connectivity index (χ1n) is 5.96. The van der Waals surface area contributed by atoms with Crippen molar-refractivity contribution < 1.29 is 14.6 Å². The monoisotopic (exact) mass is 248 g/mol. The summed E-state index contributed by atoms with van der Waals surface area (Å²) in [5.41, 5.74) is 0.750. The zero-order chi connectivity index (χ0) is 13.8. The van der Waals surface area contributed by atoms with Gasteiger partial charge in [0.1, 0.15) is 5.60 Å². The molecular weight excluding hydrogens is 228 g/mol. The van der Waals surface area contributed by atoms with Gasteiger partial charge in [0.2, 0.25) is 0 Å². The molecule has 3 heteroatoms. The number of aliphatic hydroxyl groups excluding tert-OH is 1. The maximum absolute atomic E-state index is 11.8. The third-order valence-corrected chi connectivity index (χ3v) is 2.32. The minimum Gasteiger partial charge on any atom is -0.456 e. The van der Waals surface area contributed by atoms with Gasteiger partial charge in [-0.1, -0.05) is 18.2 Å². The molecule has 1 aromatic rings. The van der Waals surface area contributed by atoms with Gasteiger partial charge in [-0.25, -0.2) is 4.79 Å². The molecule has 1 N–H and O–H groups in total. The molecule has 0 aliphatic carbocycles. The summed E-state index contributed by atoms with van der Waals surface area (Å²) in [6.07, 6.45) is 1.58. The summed E-state index contributed by atoms with van der Waals surface area (Å²) in [6, 6.07) is 6.78. The van der Waals surface area contributed by atoms with Gasteiger partial charge in [-0.2, -0.15) is 0 Å². The Morgan fingerprint density at radius 2 is 1.94 bits per heavy atom. The SMILES string of the molecule is C=CCC(O)c1ccc(C(=O)OC(C)(C)C)cc1. The number of esters is 1. The number of hydrogen-bond acceptors (Lipinski definition) is 3. The van der Waals surface area contributed by atoms with E-state index in [0.717, 1.165) is 5.56 Å². The molecule has 0 radical (unpaired) electrons. The highest BCUT2D eigenvalue weighted by Crippen LogP contribution is 2.18. The zero-order valence-electron chi connectivity index (χ0n) is 11.1. The Morgan fingerprint density at radius 1 is 1.39 bits per heavy atom. The van der Waals surface area contributed by atoms with Crippen LogP contribution in [0.15, 0.2) is 36.9 Å². The summed E-state index contributed by atoms with van der Waals surface area (Å²) in [5, 5.41) is 9.75. The highest BCUT2D eigenvalue weighted by atomic mass is 16.6. The minimum absolute atomic E-state index is 0.354. The number of benzene rings is 1. The molecule has 0 aromatic heterocycles. The van der Waals surface area contributed by atoms with Crippen molar-refractivity contribution in [1.82, 2.24) is 0 Å². The molecule has 98 valence electrons. The number of aliphatic hydroxyl groups is 1. The summed E-state index contributed by atoms with van der Waals surface area (Å²) in [7, 11) is 0. The van der Waals surface area contributed by atoms with Crippen molar-refractivity contribution in [2.24, 2.45) is 0 Å². The predicted molar refractivity (Wildman–Crippen MR) is 71.4 cm³/mol. The van der Waals surface area contributed by atoms with Crippen LogP contribution in [0.3, 0.4) is 0 Å². The van der Waals surface area contributed by atoms with Crippen LogP contribution in [-0.2, 0) is 4.74 Å². The zero-order valence-corrected chi connectivity index (χ0v) is 11.1. The lowest BCUT2D eigenvalue weighted by Crippen LogP contribution is -2.23. The first kappa shape index (κ1) is 14.5. The van der Waals surface area contributed by atoms with E-state index in [2.05, 4.69) is 6.58 Å². The van der Waals surface area contributed by atoms with Crippen LogP contribution in [0.1, 0.15) is 49.2 Å². The van der Waals surface area contributed by atoms with E-state index in [1.165, 1.54) is 0 Å². The Morgan fingerprint density at radius 3 is 2.39 bits per heavy atom. The third-order valence-electron chi connectivity index (χ3n) is 2.32. The van der Waals surface area contributed by atoms with Crippen molar-refractivity contribution in [3.05, 3.63) is 48.0 Å². The van der Waals surface area contributed by atoms with Crippen LogP contribution in [0.5, 0.6) is 0 Å². The number of carbonyl (C=O) groups is 1. The lowest BCUT2D eigenvalue weighted by atomic mass is 10.0.